The Morgan fingerprint density at radius 3 is 2.75 bits per heavy atom. The topological polar surface area (TPSA) is 36.3 Å². The van der Waals surface area contributed by atoms with Gasteiger partial charge >= 0.3 is 0 Å². The van der Waals surface area contributed by atoms with Crippen molar-refractivity contribution in [3.8, 4) is 22.8 Å². The van der Waals surface area contributed by atoms with E-state index in [0.717, 1.165) is 28.7 Å². The fraction of sp³-hybridized carbons (Fsp3) is 0.316. The van der Waals surface area contributed by atoms with E-state index in [0.29, 0.717) is 6.61 Å². The van der Waals surface area contributed by atoms with Gasteiger partial charge in [-0.2, -0.15) is 0 Å². The van der Waals surface area contributed by atoms with Gasteiger partial charge in [0.15, 0.2) is 17.6 Å². The predicted octanol–water partition coefficient (Wildman–Crippen LogP) is 4.38. The second kappa shape index (κ2) is 5.98. The van der Waals surface area contributed by atoms with Crippen LogP contribution in [0.4, 0.5) is 0 Å². The van der Waals surface area contributed by atoms with Gasteiger partial charge in [-0.25, -0.2) is 4.98 Å². The fourth-order valence-electron chi connectivity index (χ4n) is 3.19. The lowest BCUT2D eigenvalue weighted by Gasteiger charge is -2.27. The van der Waals surface area contributed by atoms with Gasteiger partial charge in [0, 0.05) is 22.3 Å². The molecule has 5 heteroatoms. The first-order valence-corrected chi connectivity index (χ1v) is 8.97. The molecule has 24 heavy (non-hydrogen) atoms. The Morgan fingerprint density at radius 2 is 2.00 bits per heavy atom. The molecule has 0 aliphatic carbocycles. The van der Waals surface area contributed by atoms with Crippen LogP contribution in [-0.2, 0) is 6.54 Å². The number of rotatable bonds is 3. The molecular weight excluding hydrogens is 320 g/mol. The van der Waals surface area contributed by atoms with Crippen molar-refractivity contribution in [1.82, 2.24) is 9.55 Å². The highest BCUT2D eigenvalue weighted by atomic mass is 32.1. The minimum Gasteiger partial charge on any atom is -0.486 e. The van der Waals surface area contributed by atoms with Gasteiger partial charge < -0.3 is 14.0 Å². The SMILES string of the molecule is Cc1nc(-c2cc(C)n(C[C@@H]3COc4ccccc4O3)c2C)cs1. The smallest absolute Gasteiger partial charge is 0.161 e. The zero-order valence-corrected chi connectivity index (χ0v) is 14.9. The quantitative estimate of drug-likeness (QED) is 0.710. The van der Waals surface area contributed by atoms with Crippen LogP contribution < -0.4 is 9.47 Å². The maximum Gasteiger partial charge on any atom is 0.161 e. The van der Waals surface area contributed by atoms with E-state index in [4.69, 9.17) is 9.47 Å². The first-order chi connectivity index (χ1) is 11.6. The van der Waals surface area contributed by atoms with E-state index in [1.807, 2.05) is 31.2 Å². The zero-order chi connectivity index (χ0) is 16.7. The van der Waals surface area contributed by atoms with E-state index in [-0.39, 0.29) is 6.10 Å². The van der Waals surface area contributed by atoms with Crippen LogP contribution in [0.5, 0.6) is 11.5 Å². The zero-order valence-electron chi connectivity index (χ0n) is 14.1. The van der Waals surface area contributed by atoms with E-state index in [1.165, 1.54) is 17.0 Å². The summed E-state index contributed by atoms with van der Waals surface area (Å²) in [6.45, 7) is 7.66. The molecule has 0 fully saturated rings. The van der Waals surface area contributed by atoms with Gasteiger partial charge in [-0.3, -0.25) is 0 Å². The van der Waals surface area contributed by atoms with Gasteiger partial charge in [0.05, 0.1) is 17.2 Å². The Bertz CT molecular complexity index is 881. The highest BCUT2D eigenvalue weighted by Crippen LogP contribution is 2.32. The number of fused-ring (bicyclic) bond motifs is 1. The second-order valence-corrected chi connectivity index (χ2v) is 7.21. The van der Waals surface area contributed by atoms with E-state index in [2.05, 4.69) is 34.8 Å². The summed E-state index contributed by atoms with van der Waals surface area (Å²) in [4.78, 5) is 4.62. The lowest BCUT2D eigenvalue weighted by atomic mass is 10.2. The predicted molar refractivity (Wildman–Crippen MR) is 96.1 cm³/mol. The number of aryl methyl sites for hydroxylation is 2. The highest BCUT2D eigenvalue weighted by Gasteiger charge is 2.23. The Hall–Kier alpha value is -2.27. The minimum absolute atomic E-state index is 0.00900. The average Bonchev–Trinajstić information content (AvgIpc) is 3.13. The van der Waals surface area contributed by atoms with Crippen LogP contribution in [0.2, 0.25) is 0 Å². The summed E-state index contributed by atoms with van der Waals surface area (Å²) in [7, 11) is 0. The number of aromatic nitrogens is 2. The largest absolute Gasteiger partial charge is 0.486 e. The minimum atomic E-state index is 0.00900. The Labute approximate surface area is 145 Å². The van der Waals surface area contributed by atoms with Gasteiger partial charge in [-0.1, -0.05) is 12.1 Å². The molecule has 4 rings (SSSR count). The summed E-state index contributed by atoms with van der Waals surface area (Å²) in [5, 5.41) is 3.22. The molecule has 1 aliphatic heterocycles. The number of ether oxygens (including phenoxy) is 2. The molecule has 1 aliphatic rings. The van der Waals surface area contributed by atoms with Gasteiger partial charge in [0.25, 0.3) is 0 Å². The summed E-state index contributed by atoms with van der Waals surface area (Å²) in [5.74, 6) is 1.65. The Morgan fingerprint density at radius 1 is 1.21 bits per heavy atom. The third kappa shape index (κ3) is 2.69. The van der Waals surface area contributed by atoms with Crippen LogP contribution in [-0.4, -0.2) is 22.3 Å². The van der Waals surface area contributed by atoms with Crippen molar-refractivity contribution >= 4 is 11.3 Å². The third-order valence-electron chi connectivity index (χ3n) is 4.42. The molecule has 1 aromatic carbocycles. The van der Waals surface area contributed by atoms with Crippen molar-refractivity contribution in [2.24, 2.45) is 0 Å². The molecule has 1 atom stereocenters. The summed E-state index contributed by atoms with van der Waals surface area (Å²) in [6.07, 6.45) is 0.00900. The number of thiazole rings is 1. The first kappa shape index (κ1) is 15.3. The van der Waals surface area contributed by atoms with Crippen LogP contribution in [0.1, 0.15) is 16.4 Å². The van der Waals surface area contributed by atoms with Gasteiger partial charge in [-0.15, -0.1) is 11.3 Å². The standard InChI is InChI=1S/C19H20N2O2S/c1-12-8-16(17-11-24-14(3)20-17)13(2)21(12)9-15-10-22-18-6-4-5-7-19(18)23-15/h4-8,11,15H,9-10H2,1-3H3/t15-/m1/s1. The van der Waals surface area contributed by atoms with Crippen molar-refractivity contribution < 1.29 is 9.47 Å². The van der Waals surface area contributed by atoms with Crippen molar-refractivity contribution in [2.45, 2.75) is 33.4 Å². The third-order valence-corrected chi connectivity index (χ3v) is 5.20. The molecule has 124 valence electrons. The van der Waals surface area contributed by atoms with E-state index < -0.39 is 0 Å². The number of hydrogen-bond donors (Lipinski definition) is 0. The second-order valence-electron chi connectivity index (χ2n) is 6.14. The fourth-order valence-corrected chi connectivity index (χ4v) is 3.80. The van der Waals surface area contributed by atoms with E-state index in [1.54, 1.807) is 11.3 Å². The van der Waals surface area contributed by atoms with Gasteiger partial charge in [0.1, 0.15) is 6.61 Å². The number of hydrogen-bond acceptors (Lipinski definition) is 4. The summed E-state index contributed by atoms with van der Waals surface area (Å²) >= 11 is 1.69. The van der Waals surface area contributed by atoms with E-state index >= 15 is 0 Å². The molecule has 0 amide bonds. The van der Waals surface area contributed by atoms with Crippen LogP contribution >= 0.6 is 11.3 Å². The molecule has 0 unspecified atom stereocenters. The molecular formula is C19H20N2O2S. The number of nitrogens with zero attached hydrogens (tertiary/aromatic N) is 2. The molecule has 4 nitrogen and oxygen atoms in total. The lowest BCUT2D eigenvalue weighted by molar-refractivity contribution is 0.0778. The molecule has 2 aromatic heterocycles. The molecule has 0 spiro atoms. The maximum absolute atomic E-state index is 6.11. The summed E-state index contributed by atoms with van der Waals surface area (Å²) in [5.41, 5.74) is 4.70. The number of para-hydroxylation sites is 2. The molecule has 0 bridgehead atoms. The van der Waals surface area contributed by atoms with Crippen LogP contribution in [0.3, 0.4) is 0 Å². The first-order valence-electron chi connectivity index (χ1n) is 8.09. The average molecular weight is 340 g/mol. The molecule has 3 heterocycles. The van der Waals surface area contributed by atoms with Crippen LogP contribution in [0.15, 0.2) is 35.7 Å². The Kier molecular flexibility index (Phi) is 3.81. The Balaban J connectivity index is 1.59. The highest BCUT2D eigenvalue weighted by molar-refractivity contribution is 7.09. The van der Waals surface area contributed by atoms with Crippen LogP contribution in [0.25, 0.3) is 11.3 Å². The monoisotopic (exact) mass is 340 g/mol. The summed E-state index contributed by atoms with van der Waals surface area (Å²) < 4.78 is 14.2. The molecule has 0 radical (unpaired) electrons. The van der Waals surface area contributed by atoms with Crippen LogP contribution in [0, 0.1) is 20.8 Å². The van der Waals surface area contributed by atoms with Crippen molar-refractivity contribution in [3.63, 3.8) is 0 Å². The van der Waals surface area contributed by atoms with Crippen molar-refractivity contribution in [3.05, 3.63) is 52.1 Å². The maximum atomic E-state index is 6.11. The summed E-state index contributed by atoms with van der Waals surface area (Å²) in [6, 6.07) is 10.0. The van der Waals surface area contributed by atoms with Gasteiger partial charge in [-0.05, 0) is 39.0 Å². The molecule has 0 saturated heterocycles. The van der Waals surface area contributed by atoms with Crippen molar-refractivity contribution in [1.29, 1.82) is 0 Å². The van der Waals surface area contributed by atoms with Crippen molar-refractivity contribution in [2.75, 3.05) is 6.61 Å². The lowest BCUT2D eigenvalue weighted by Crippen LogP contribution is -2.33. The van der Waals surface area contributed by atoms with Gasteiger partial charge in [0.2, 0.25) is 0 Å². The molecule has 0 saturated carbocycles. The number of benzene rings is 1. The molecule has 0 N–H and O–H groups in total. The van der Waals surface area contributed by atoms with E-state index in [9.17, 15) is 0 Å². The normalized spacial score (nSPS) is 16.4. The molecule has 3 aromatic rings.